The maximum atomic E-state index is 13.5. The maximum Gasteiger partial charge on any atom is 0.337 e. The lowest BCUT2D eigenvalue weighted by molar-refractivity contribution is -0.293. The Labute approximate surface area is 218 Å². The Morgan fingerprint density at radius 3 is 2.30 bits per heavy atom. The van der Waals surface area contributed by atoms with E-state index in [0.29, 0.717) is 23.7 Å². The molecule has 9 heteroatoms. The monoisotopic (exact) mass is 524 g/mol. The highest BCUT2D eigenvalue weighted by Crippen LogP contribution is 2.67. The van der Waals surface area contributed by atoms with Gasteiger partial charge in [-0.05, 0) is 92.3 Å². The smallest absolute Gasteiger partial charge is 0.337 e. The van der Waals surface area contributed by atoms with Crippen LogP contribution in [0, 0.1) is 40.4 Å². The minimum atomic E-state index is -1.67. The van der Waals surface area contributed by atoms with Crippen molar-refractivity contribution in [2.24, 2.45) is 40.4 Å². The summed E-state index contributed by atoms with van der Waals surface area (Å²) in [5.41, 5.74) is 0.181. The molecule has 9 nitrogen and oxygen atoms in total. The number of aliphatic hydroxyl groups is 4. The third kappa shape index (κ3) is 4.47. The van der Waals surface area contributed by atoms with E-state index in [1.807, 2.05) is 0 Å². The topological polar surface area (TPSA) is 143 Å². The van der Waals surface area contributed by atoms with E-state index in [2.05, 4.69) is 18.6 Å². The predicted octanol–water partition coefficient (Wildman–Crippen LogP) is 1.57. The average molecular weight is 525 g/mol. The van der Waals surface area contributed by atoms with Gasteiger partial charge in [-0.1, -0.05) is 13.8 Å². The zero-order valence-electron chi connectivity index (χ0n) is 22.3. The quantitative estimate of drug-likeness (QED) is 0.394. The molecule has 0 radical (unpaired) electrons. The van der Waals surface area contributed by atoms with Crippen LogP contribution >= 0.6 is 0 Å². The number of aliphatic hydroxyl groups excluding tert-OH is 4. The van der Waals surface area contributed by atoms with Crippen LogP contribution in [-0.2, 0) is 23.8 Å². The third-order valence-electron chi connectivity index (χ3n) is 11.4. The molecule has 37 heavy (non-hydrogen) atoms. The molecule has 4 N–H and O–H groups in total. The Balaban J connectivity index is 1.24. The summed E-state index contributed by atoms with van der Waals surface area (Å²) in [6.45, 7) is 4.43. The molecule has 210 valence electrons. The Hall–Kier alpha value is -1.10. The van der Waals surface area contributed by atoms with E-state index < -0.39 is 36.7 Å². The van der Waals surface area contributed by atoms with Crippen molar-refractivity contribution in [2.75, 3.05) is 13.7 Å². The van der Waals surface area contributed by atoms with Crippen LogP contribution in [0.1, 0.15) is 71.6 Å². The van der Waals surface area contributed by atoms with Gasteiger partial charge in [0.15, 0.2) is 18.2 Å². The number of rotatable bonds is 5. The van der Waals surface area contributed by atoms with E-state index in [1.165, 1.54) is 6.42 Å². The predicted molar refractivity (Wildman–Crippen MR) is 131 cm³/mol. The molecule has 1 aliphatic heterocycles. The number of carbonyl (C=O) groups excluding carboxylic acids is 2. The number of methoxy groups -OCH3 is 1. The minimum Gasteiger partial charge on any atom is -0.467 e. The van der Waals surface area contributed by atoms with E-state index in [-0.39, 0.29) is 35.2 Å². The molecule has 0 spiro atoms. The van der Waals surface area contributed by atoms with Gasteiger partial charge in [0.2, 0.25) is 0 Å². The Kier molecular flexibility index (Phi) is 7.53. The molecule has 0 unspecified atom stereocenters. The molecular formula is C28H44O9. The van der Waals surface area contributed by atoms with Crippen molar-refractivity contribution in [3.63, 3.8) is 0 Å². The number of carbonyl (C=O) groups is 2. The van der Waals surface area contributed by atoms with Crippen LogP contribution in [0.3, 0.4) is 0 Å². The summed E-state index contributed by atoms with van der Waals surface area (Å²) in [5, 5.41) is 40.8. The highest BCUT2D eigenvalue weighted by Gasteiger charge is 2.61. The fraction of sp³-hybridized carbons (Fsp3) is 0.929. The second-order valence-electron chi connectivity index (χ2n) is 13.0. The molecule has 0 amide bonds. The molecular weight excluding hydrogens is 480 g/mol. The molecule has 1 saturated heterocycles. The molecule has 5 fully saturated rings. The first kappa shape index (κ1) is 27.5. The van der Waals surface area contributed by atoms with E-state index >= 15 is 0 Å². The van der Waals surface area contributed by atoms with Gasteiger partial charge in [-0.2, -0.15) is 0 Å². The number of Topliss-reactive ketones (excluding diaryl/α,β-unsaturated/α-hetero) is 1. The number of ketones is 1. The summed E-state index contributed by atoms with van der Waals surface area (Å²) in [4.78, 5) is 25.4. The second-order valence-corrected chi connectivity index (χ2v) is 13.0. The first-order valence-corrected chi connectivity index (χ1v) is 14.1. The normalized spacial score (nSPS) is 51.5. The lowest BCUT2D eigenvalue weighted by atomic mass is 9.44. The van der Waals surface area contributed by atoms with E-state index in [4.69, 9.17) is 9.47 Å². The summed E-state index contributed by atoms with van der Waals surface area (Å²) < 4.78 is 15.6. The minimum absolute atomic E-state index is 0.0461. The van der Waals surface area contributed by atoms with Crippen molar-refractivity contribution in [1.82, 2.24) is 0 Å². The van der Waals surface area contributed by atoms with E-state index in [0.717, 1.165) is 58.5 Å². The standard InChI is InChI=1S/C28H44O9/c1-27-10-8-15(29)12-14(27)4-5-16-17-6-7-19(28(17,2)11-9-18(16)27)20(30)13-36-26-23(33)21(31)22(32)24(37-26)25(34)35-3/h14-19,21-24,26,29,31-33H,4-13H2,1-3H3/t14-,15-,16+,17+,18+,19-,21-,22-,23+,24-,26+,27+,28+/m1/s1. The van der Waals surface area contributed by atoms with Gasteiger partial charge in [-0.3, -0.25) is 4.79 Å². The lowest BCUT2D eigenvalue weighted by Gasteiger charge is -2.60. The number of ether oxygens (including phenoxy) is 3. The van der Waals surface area contributed by atoms with Crippen LogP contribution in [0.4, 0.5) is 0 Å². The summed E-state index contributed by atoms with van der Waals surface area (Å²) in [6.07, 6.45) is 1.18. The maximum absolute atomic E-state index is 13.5. The first-order valence-electron chi connectivity index (χ1n) is 14.1. The molecule has 5 aliphatic rings. The van der Waals surface area contributed by atoms with Crippen LogP contribution in [-0.4, -0.2) is 82.7 Å². The zero-order chi connectivity index (χ0) is 26.7. The van der Waals surface area contributed by atoms with Crippen molar-refractivity contribution in [2.45, 2.75) is 108 Å². The van der Waals surface area contributed by atoms with Crippen molar-refractivity contribution in [3.05, 3.63) is 0 Å². The van der Waals surface area contributed by atoms with Gasteiger partial charge in [0, 0.05) is 5.92 Å². The number of hydrogen-bond donors (Lipinski definition) is 4. The fourth-order valence-electron chi connectivity index (χ4n) is 9.33. The van der Waals surface area contributed by atoms with Crippen LogP contribution in [0.2, 0.25) is 0 Å². The Morgan fingerprint density at radius 1 is 0.865 bits per heavy atom. The van der Waals surface area contributed by atoms with Gasteiger partial charge < -0.3 is 34.6 Å². The number of fused-ring (bicyclic) bond motifs is 5. The van der Waals surface area contributed by atoms with Gasteiger partial charge >= 0.3 is 5.97 Å². The molecule has 0 aromatic rings. The van der Waals surface area contributed by atoms with Crippen LogP contribution in [0.25, 0.3) is 0 Å². The molecule has 4 aliphatic carbocycles. The fourth-order valence-corrected chi connectivity index (χ4v) is 9.33. The van der Waals surface area contributed by atoms with Crippen LogP contribution in [0.5, 0.6) is 0 Å². The molecule has 4 saturated carbocycles. The summed E-state index contributed by atoms with van der Waals surface area (Å²) in [7, 11) is 1.13. The van der Waals surface area contributed by atoms with Crippen molar-refractivity contribution in [3.8, 4) is 0 Å². The van der Waals surface area contributed by atoms with Crippen LogP contribution < -0.4 is 0 Å². The van der Waals surface area contributed by atoms with Gasteiger partial charge in [0.05, 0.1) is 13.2 Å². The van der Waals surface area contributed by atoms with E-state index in [9.17, 15) is 30.0 Å². The Bertz CT molecular complexity index is 880. The van der Waals surface area contributed by atoms with Gasteiger partial charge in [0.1, 0.15) is 24.9 Å². The molecule has 0 aromatic heterocycles. The molecule has 5 rings (SSSR count). The lowest BCUT2D eigenvalue weighted by Crippen LogP contribution is -2.60. The van der Waals surface area contributed by atoms with Crippen molar-refractivity contribution < 1.29 is 44.2 Å². The summed E-state index contributed by atoms with van der Waals surface area (Å²) >= 11 is 0. The SMILES string of the molecule is COC(=O)[C@@H]1O[C@H](OCC(=O)[C@H]2CC[C@H]3[C@@H]4CC[C@@H]5C[C@H](O)CC[C@]5(C)[C@H]4CC[C@]23C)[C@@H](O)[C@H](O)[C@H]1O. The van der Waals surface area contributed by atoms with Crippen molar-refractivity contribution in [1.29, 1.82) is 0 Å². The van der Waals surface area contributed by atoms with Gasteiger partial charge in [0.25, 0.3) is 0 Å². The second kappa shape index (κ2) is 10.1. The zero-order valence-corrected chi connectivity index (χ0v) is 22.3. The van der Waals surface area contributed by atoms with Crippen molar-refractivity contribution >= 4 is 11.8 Å². The molecule has 0 aromatic carbocycles. The number of hydrogen-bond acceptors (Lipinski definition) is 9. The Morgan fingerprint density at radius 2 is 1.57 bits per heavy atom. The van der Waals surface area contributed by atoms with Gasteiger partial charge in [-0.15, -0.1) is 0 Å². The molecule has 13 atom stereocenters. The average Bonchev–Trinajstić information content (AvgIpc) is 3.24. The largest absolute Gasteiger partial charge is 0.467 e. The highest BCUT2D eigenvalue weighted by atomic mass is 16.7. The molecule has 0 bridgehead atoms. The van der Waals surface area contributed by atoms with E-state index in [1.54, 1.807) is 0 Å². The summed E-state index contributed by atoms with van der Waals surface area (Å²) in [6, 6.07) is 0. The number of esters is 1. The third-order valence-corrected chi connectivity index (χ3v) is 11.4. The first-order chi connectivity index (χ1) is 17.5. The highest BCUT2D eigenvalue weighted by molar-refractivity contribution is 5.83. The van der Waals surface area contributed by atoms with Gasteiger partial charge in [-0.25, -0.2) is 4.79 Å². The van der Waals surface area contributed by atoms with Crippen LogP contribution in [0.15, 0.2) is 0 Å². The summed E-state index contributed by atoms with van der Waals surface area (Å²) in [5.74, 6) is 1.25. The molecule has 1 heterocycles.